The number of nitrogens with one attached hydrogen (secondary N) is 2. The van der Waals surface area contributed by atoms with Crippen LogP contribution in [-0.4, -0.2) is 17.5 Å². The highest BCUT2D eigenvalue weighted by molar-refractivity contribution is 5.99. The van der Waals surface area contributed by atoms with Gasteiger partial charge in [0.15, 0.2) is 0 Å². The molecule has 0 spiro atoms. The Morgan fingerprint density at radius 3 is 1.59 bits per heavy atom. The summed E-state index contributed by atoms with van der Waals surface area (Å²) in [6.45, 7) is 0. The Bertz CT molecular complexity index is 957. The van der Waals surface area contributed by atoms with E-state index in [0.717, 1.165) is 12.1 Å². The van der Waals surface area contributed by atoms with Gasteiger partial charge in [0.25, 0.3) is 0 Å². The molecule has 3 aromatic carbocycles. The Kier molecular flexibility index (Phi) is 5.77. The number of carbonyl (C=O) groups is 1. The second-order valence-corrected chi connectivity index (χ2v) is 5.77. The molecule has 0 bridgehead atoms. The molecule has 2 amide bonds. The number of alkyl halides is 3. The molecular formula is C20H15F3N2O4. The first-order chi connectivity index (χ1) is 13.8. The first-order valence-electron chi connectivity index (χ1n) is 8.28. The van der Waals surface area contributed by atoms with Gasteiger partial charge in [0.05, 0.1) is 0 Å². The van der Waals surface area contributed by atoms with Crippen molar-refractivity contribution in [3.05, 3.63) is 72.8 Å². The maximum absolute atomic E-state index is 12.1. The molecule has 0 saturated carbocycles. The molecule has 0 radical (unpaired) electrons. The van der Waals surface area contributed by atoms with Crippen LogP contribution < -0.4 is 20.1 Å². The summed E-state index contributed by atoms with van der Waals surface area (Å²) in [5.74, 6) is 0.819. The van der Waals surface area contributed by atoms with Gasteiger partial charge in [-0.1, -0.05) is 0 Å². The number of hydrogen-bond acceptors (Lipinski definition) is 4. The van der Waals surface area contributed by atoms with Gasteiger partial charge < -0.3 is 25.2 Å². The second kappa shape index (κ2) is 8.42. The van der Waals surface area contributed by atoms with Gasteiger partial charge in [-0.15, -0.1) is 13.2 Å². The van der Waals surface area contributed by atoms with E-state index in [4.69, 9.17) is 4.74 Å². The van der Waals surface area contributed by atoms with Gasteiger partial charge >= 0.3 is 12.4 Å². The fraction of sp³-hybridized carbons (Fsp3) is 0.0500. The molecular weight excluding hydrogens is 389 g/mol. The SMILES string of the molecule is O=C(Nc1ccc(Oc2ccc(O)cc2)cc1)Nc1ccc(OC(F)(F)F)cc1. The van der Waals surface area contributed by atoms with Crippen molar-refractivity contribution in [3.63, 3.8) is 0 Å². The molecule has 0 aromatic heterocycles. The maximum Gasteiger partial charge on any atom is 0.573 e. The third kappa shape index (κ3) is 6.35. The Balaban J connectivity index is 1.53. The number of phenolic OH excluding ortho intramolecular Hbond substituents is 1. The van der Waals surface area contributed by atoms with Crippen LogP contribution in [0.4, 0.5) is 29.3 Å². The van der Waals surface area contributed by atoms with Gasteiger partial charge in [-0.3, -0.25) is 0 Å². The molecule has 150 valence electrons. The van der Waals surface area contributed by atoms with Crippen LogP contribution in [0.25, 0.3) is 0 Å². The molecule has 0 unspecified atom stereocenters. The lowest BCUT2D eigenvalue weighted by atomic mass is 10.3. The summed E-state index contributed by atoms with van der Waals surface area (Å²) >= 11 is 0. The normalized spacial score (nSPS) is 10.9. The average molecular weight is 404 g/mol. The van der Waals surface area contributed by atoms with Crippen LogP contribution >= 0.6 is 0 Å². The molecule has 3 N–H and O–H groups in total. The molecule has 0 fully saturated rings. The first-order valence-corrected chi connectivity index (χ1v) is 8.28. The number of phenols is 1. The predicted octanol–water partition coefficient (Wildman–Crippen LogP) is 5.73. The van der Waals surface area contributed by atoms with Crippen molar-refractivity contribution in [1.82, 2.24) is 0 Å². The van der Waals surface area contributed by atoms with Crippen LogP contribution in [0.15, 0.2) is 72.8 Å². The summed E-state index contributed by atoms with van der Waals surface area (Å²) in [7, 11) is 0. The third-order valence-corrected chi connectivity index (χ3v) is 3.53. The van der Waals surface area contributed by atoms with Gasteiger partial charge in [0.2, 0.25) is 0 Å². The minimum absolute atomic E-state index is 0.130. The molecule has 0 heterocycles. The molecule has 0 saturated heterocycles. The van der Waals surface area contributed by atoms with E-state index < -0.39 is 12.4 Å². The van der Waals surface area contributed by atoms with Crippen LogP contribution in [0, 0.1) is 0 Å². The monoisotopic (exact) mass is 404 g/mol. The zero-order valence-electron chi connectivity index (χ0n) is 14.7. The van der Waals surface area contributed by atoms with E-state index in [9.17, 15) is 23.1 Å². The molecule has 0 atom stereocenters. The summed E-state index contributed by atoms with van der Waals surface area (Å²) in [6, 6.07) is 16.9. The highest BCUT2D eigenvalue weighted by Gasteiger charge is 2.30. The predicted molar refractivity (Wildman–Crippen MR) is 100 cm³/mol. The number of anilines is 2. The van der Waals surface area contributed by atoms with Crippen LogP contribution in [0.3, 0.4) is 0 Å². The minimum atomic E-state index is -4.77. The molecule has 29 heavy (non-hydrogen) atoms. The number of rotatable bonds is 5. The van der Waals surface area contributed by atoms with Crippen molar-refractivity contribution in [3.8, 4) is 23.0 Å². The van der Waals surface area contributed by atoms with Crippen molar-refractivity contribution in [2.75, 3.05) is 10.6 Å². The molecule has 3 aromatic rings. The molecule has 0 aliphatic rings. The van der Waals surface area contributed by atoms with E-state index >= 15 is 0 Å². The summed E-state index contributed by atoms with van der Waals surface area (Å²) < 4.78 is 45.8. The largest absolute Gasteiger partial charge is 0.573 e. The smallest absolute Gasteiger partial charge is 0.508 e. The van der Waals surface area contributed by atoms with E-state index in [0.29, 0.717) is 22.9 Å². The number of amides is 2. The van der Waals surface area contributed by atoms with Crippen LogP contribution in [0.2, 0.25) is 0 Å². The van der Waals surface area contributed by atoms with E-state index in [1.807, 2.05) is 0 Å². The Labute approximate surface area is 163 Å². The van der Waals surface area contributed by atoms with Gasteiger partial charge in [0, 0.05) is 11.4 Å². The lowest BCUT2D eigenvalue weighted by Gasteiger charge is -2.11. The van der Waals surface area contributed by atoms with Gasteiger partial charge in [-0.2, -0.15) is 0 Å². The van der Waals surface area contributed by atoms with E-state index in [1.54, 1.807) is 36.4 Å². The van der Waals surface area contributed by atoms with Crippen molar-refractivity contribution < 1.29 is 32.5 Å². The van der Waals surface area contributed by atoms with E-state index in [1.165, 1.54) is 24.3 Å². The number of hydrogen-bond donors (Lipinski definition) is 3. The van der Waals surface area contributed by atoms with E-state index in [-0.39, 0.29) is 11.5 Å². The number of halogens is 3. The minimum Gasteiger partial charge on any atom is -0.508 e. The van der Waals surface area contributed by atoms with Crippen LogP contribution in [-0.2, 0) is 0 Å². The molecule has 0 aliphatic heterocycles. The lowest BCUT2D eigenvalue weighted by molar-refractivity contribution is -0.274. The number of carbonyl (C=O) groups excluding carboxylic acids is 1. The lowest BCUT2D eigenvalue weighted by Crippen LogP contribution is -2.19. The molecule has 0 aliphatic carbocycles. The topological polar surface area (TPSA) is 79.8 Å². The molecule has 9 heteroatoms. The van der Waals surface area contributed by atoms with Crippen LogP contribution in [0.5, 0.6) is 23.0 Å². The highest BCUT2D eigenvalue weighted by atomic mass is 19.4. The highest BCUT2D eigenvalue weighted by Crippen LogP contribution is 2.26. The average Bonchev–Trinajstić information content (AvgIpc) is 2.66. The summed E-state index contributed by atoms with van der Waals surface area (Å²) in [6.07, 6.45) is -4.77. The van der Waals surface area contributed by atoms with Gasteiger partial charge in [0.1, 0.15) is 23.0 Å². The van der Waals surface area contributed by atoms with Crippen LogP contribution in [0.1, 0.15) is 0 Å². The number of urea groups is 1. The van der Waals surface area contributed by atoms with Crippen molar-refractivity contribution in [2.45, 2.75) is 6.36 Å². The fourth-order valence-electron chi connectivity index (χ4n) is 2.29. The molecule has 3 rings (SSSR count). The Morgan fingerprint density at radius 1 is 0.724 bits per heavy atom. The third-order valence-electron chi connectivity index (χ3n) is 3.53. The van der Waals surface area contributed by atoms with Crippen molar-refractivity contribution in [2.24, 2.45) is 0 Å². The van der Waals surface area contributed by atoms with E-state index in [2.05, 4.69) is 15.4 Å². The Hall–Kier alpha value is -3.88. The van der Waals surface area contributed by atoms with Gasteiger partial charge in [-0.25, -0.2) is 4.79 Å². The standard InChI is InChI=1S/C20H15F3N2O4/c21-20(22,23)29-18-9-3-14(4-10-18)25-19(27)24-13-1-7-16(8-2-13)28-17-11-5-15(26)6-12-17/h1-12,26H,(H2,24,25,27). The zero-order chi connectivity index (χ0) is 20.9. The van der Waals surface area contributed by atoms with Gasteiger partial charge in [-0.05, 0) is 72.8 Å². The molecule has 6 nitrogen and oxygen atoms in total. The number of aromatic hydroxyl groups is 1. The summed E-state index contributed by atoms with van der Waals surface area (Å²) in [5, 5.41) is 14.3. The number of benzene rings is 3. The summed E-state index contributed by atoms with van der Waals surface area (Å²) in [4.78, 5) is 12.0. The van der Waals surface area contributed by atoms with Crippen molar-refractivity contribution in [1.29, 1.82) is 0 Å². The second-order valence-electron chi connectivity index (χ2n) is 5.77. The summed E-state index contributed by atoms with van der Waals surface area (Å²) in [5.41, 5.74) is 0.780. The zero-order valence-corrected chi connectivity index (χ0v) is 14.7. The van der Waals surface area contributed by atoms with Crippen molar-refractivity contribution >= 4 is 17.4 Å². The first kappa shape index (κ1) is 19.9. The quantitative estimate of drug-likeness (QED) is 0.508. The fourth-order valence-corrected chi connectivity index (χ4v) is 2.29. The number of ether oxygens (including phenoxy) is 2. The Morgan fingerprint density at radius 2 is 1.14 bits per heavy atom. The maximum atomic E-state index is 12.1.